The number of nitrogens with zero attached hydrogens (tertiary/aromatic N) is 3. The topological polar surface area (TPSA) is 88.9 Å². The molecule has 0 bridgehead atoms. The van der Waals surface area contributed by atoms with E-state index in [1.54, 1.807) is 36.7 Å². The molecule has 1 saturated carbocycles. The minimum atomic E-state index is -0.191. The largest absolute Gasteiger partial charge is 0.348 e. The summed E-state index contributed by atoms with van der Waals surface area (Å²) in [5, 5.41) is 10.6. The second-order valence-corrected chi connectivity index (χ2v) is 8.04. The summed E-state index contributed by atoms with van der Waals surface area (Å²) in [6, 6.07) is 20.6. The monoisotopic (exact) mass is 437 g/mol. The molecule has 7 heteroatoms. The van der Waals surface area contributed by atoms with E-state index in [1.165, 1.54) is 0 Å². The van der Waals surface area contributed by atoms with Crippen LogP contribution in [-0.4, -0.2) is 26.6 Å². The average Bonchev–Trinajstić information content (AvgIpc) is 3.63. The lowest BCUT2D eigenvalue weighted by Crippen LogP contribution is -2.23. The van der Waals surface area contributed by atoms with Gasteiger partial charge in [-0.1, -0.05) is 18.2 Å². The Morgan fingerprint density at radius 3 is 2.36 bits per heavy atom. The molecule has 4 aromatic rings. The van der Waals surface area contributed by atoms with E-state index in [9.17, 15) is 9.59 Å². The van der Waals surface area contributed by atoms with Crippen molar-refractivity contribution in [1.82, 2.24) is 20.1 Å². The zero-order chi connectivity index (χ0) is 22.6. The number of anilines is 1. The summed E-state index contributed by atoms with van der Waals surface area (Å²) in [5.41, 5.74) is 4.79. The maximum Gasteiger partial charge on any atom is 0.251 e. The van der Waals surface area contributed by atoms with Crippen molar-refractivity contribution in [3.63, 3.8) is 0 Å². The third-order valence-corrected chi connectivity index (χ3v) is 5.57. The maximum absolute atomic E-state index is 12.8. The molecule has 7 nitrogen and oxygen atoms in total. The third kappa shape index (κ3) is 4.82. The van der Waals surface area contributed by atoms with Gasteiger partial charge >= 0.3 is 0 Å². The third-order valence-electron chi connectivity index (χ3n) is 5.57. The van der Waals surface area contributed by atoms with Gasteiger partial charge in [0.25, 0.3) is 5.91 Å². The number of para-hydroxylation sites is 1. The molecule has 0 spiro atoms. The van der Waals surface area contributed by atoms with E-state index in [-0.39, 0.29) is 17.7 Å². The molecule has 0 unspecified atom stereocenters. The Kier molecular flexibility index (Phi) is 5.68. The second-order valence-electron chi connectivity index (χ2n) is 8.04. The number of benzene rings is 2. The van der Waals surface area contributed by atoms with Gasteiger partial charge in [0.15, 0.2) is 0 Å². The number of amides is 2. The number of hydrogen-bond acceptors (Lipinski definition) is 4. The summed E-state index contributed by atoms with van der Waals surface area (Å²) in [6.45, 7) is 0.323. The Hall–Kier alpha value is -4.26. The van der Waals surface area contributed by atoms with Crippen LogP contribution in [0.2, 0.25) is 0 Å². The molecule has 0 aliphatic heterocycles. The van der Waals surface area contributed by atoms with Gasteiger partial charge in [-0.25, -0.2) is 4.68 Å². The Morgan fingerprint density at radius 2 is 1.67 bits per heavy atom. The molecular weight excluding hydrogens is 414 g/mol. The molecule has 33 heavy (non-hydrogen) atoms. The molecular formula is C26H23N5O2. The zero-order valence-corrected chi connectivity index (χ0v) is 17.9. The fourth-order valence-electron chi connectivity index (χ4n) is 3.58. The number of pyridine rings is 1. The highest BCUT2D eigenvalue weighted by Gasteiger charge is 2.29. The second kappa shape index (κ2) is 9.08. The molecule has 1 aliphatic carbocycles. The van der Waals surface area contributed by atoms with Crippen LogP contribution in [0.1, 0.15) is 28.8 Å². The predicted molar refractivity (Wildman–Crippen MR) is 126 cm³/mol. The SMILES string of the molecule is O=C(NCc1cn(-c2ccccc2)nc1-c1ccncc1)c1ccc(NC(=O)C2CC2)cc1. The first-order chi connectivity index (χ1) is 16.2. The van der Waals surface area contributed by atoms with Crippen molar-refractivity contribution in [1.29, 1.82) is 0 Å². The van der Waals surface area contributed by atoms with Crippen molar-refractivity contribution >= 4 is 17.5 Å². The average molecular weight is 438 g/mol. The van der Waals surface area contributed by atoms with E-state index in [1.807, 2.05) is 53.3 Å². The highest BCUT2D eigenvalue weighted by atomic mass is 16.2. The van der Waals surface area contributed by atoms with Gasteiger partial charge in [-0.15, -0.1) is 0 Å². The standard InChI is InChI=1S/C26H23N5O2/c32-25(19-8-10-22(11-9-19)29-26(33)20-6-7-20)28-16-21-17-31(23-4-2-1-3-5-23)30-24(21)18-12-14-27-15-13-18/h1-5,8-15,17,20H,6-7,16H2,(H,28,32)(H,29,33). The molecule has 0 radical (unpaired) electrons. The van der Waals surface area contributed by atoms with Crippen LogP contribution in [0.3, 0.4) is 0 Å². The lowest BCUT2D eigenvalue weighted by Gasteiger charge is -2.08. The van der Waals surface area contributed by atoms with Gasteiger partial charge in [0, 0.05) is 53.4 Å². The Bertz CT molecular complexity index is 1260. The molecule has 2 aromatic heterocycles. The number of nitrogens with one attached hydrogen (secondary N) is 2. The molecule has 5 rings (SSSR count). The van der Waals surface area contributed by atoms with Crippen LogP contribution >= 0.6 is 0 Å². The molecule has 2 N–H and O–H groups in total. The van der Waals surface area contributed by atoms with Crippen molar-refractivity contribution in [3.05, 3.63) is 96.4 Å². The lowest BCUT2D eigenvalue weighted by molar-refractivity contribution is -0.117. The number of carbonyl (C=O) groups is 2. The van der Waals surface area contributed by atoms with Crippen LogP contribution in [0.25, 0.3) is 16.9 Å². The summed E-state index contributed by atoms with van der Waals surface area (Å²) in [4.78, 5) is 28.7. The summed E-state index contributed by atoms with van der Waals surface area (Å²) in [6.07, 6.45) is 7.29. The zero-order valence-electron chi connectivity index (χ0n) is 17.9. The van der Waals surface area contributed by atoms with Crippen molar-refractivity contribution in [3.8, 4) is 16.9 Å². The van der Waals surface area contributed by atoms with Crippen LogP contribution in [0.15, 0.2) is 85.3 Å². The molecule has 1 fully saturated rings. The van der Waals surface area contributed by atoms with Gasteiger partial charge in [0.2, 0.25) is 5.91 Å². The molecule has 1 aliphatic rings. The van der Waals surface area contributed by atoms with E-state index < -0.39 is 0 Å². The van der Waals surface area contributed by atoms with Crippen LogP contribution in [0, 0.1) is 5.92 Å². The van der Waals surface area contributed by atoms with E-state index in [0.717, 1.165) is 35.3 Å². The summed E-state index contributed by atoms with van der Waals surface area (Å²) < 4.78 is 1.81. The van der Waals surface area contributed by atoms with Crippen LogP contribution in [-0.2, 0) is 11.3 Å². The van der Waals surface area contributed by atoms with Crippen LogP contribution in [0.4, 0.5) is 5.69 Å². The Labute approximate surface area is 191 Å². The van der Waals surface area contributed by atoms with Gasteiger partial charge in [0.05, 0.1) is 11.4 Å². The van der Waals surface area contributed by atoms with Gasteiger partial charge < -0.3 is 10.6 Å². The molecule has 2 heterocycles. The fraction of sp³-hybridized carbons (Fsp3) is 0.154. The number of carbonyl (C=O) groups excluding carboxylic acids is 2. The van der Waals surface area contributed by atoms with Gasteiger partial charge in [0.1, 0.15) is 0 Å². The number of aromatic nitrogens is 3. The predicted octanol–water partition coefficient (Wildman–Crippen LogP) is 4.21. The van der Waals surface area contributed by atoms with E-state index in [2.05, 4.69) is 15.6 Å². The first-order valence-corrected chi connectivity index (χ1v) is 10.9. The van der Waals surface area contributed by atoms with Crippen LogP contribution < -0.4 is 10.6 Å². The Balaban J connectivity index is 1.31. The quantitative estimate of drug-likeness (QED) is 0.453. The number of rotatable bonds is 7. The number of hydrogen-bond donors (Lipinski definition) is 2. The maximum atomic E-state index is 12.8. The first-order valence-electron chi connectivity index (χ1n) is 10.9. The smallest absolute Gasteiger partial charge is 0.251 e. The Morgan fingerprint density at radius 1 is 0.939 bits per heavy atom. The van der Waals surface area contributed by atoms with Crippen LogP contribution in [0.5, 0.6) is 0 Å². The van der Waals surface area contributed by atoms with Crippen molar-refractivity contribution in [2.75, 3.05) is 5.32 Å². The lowest BCUT2D eigenvalue weighted by atomic mass is 10.1. The summed E-state index contributed by atoms with van der Waals surface area (Å²) in [5.74, 6) is -0.00570. The van der Waals surface area contributed by atoms with E-state index in [4.69, 9.17) is 5.10 Å². The first kappa shape index (κ1) is 20.6. The van der Waals surface area contributed by atoms with Gasteiger partial charge in [-0.2, -0.15) is 5.10 Å². The molecule has 2 amide bonds. The fourth-order valence-corrected chi connectivity index (χ4v) is 3.58. The summed E-state index contributed by atoms with van der Waals surface area (Å²) >= 11 is 0. The van der Waals surface area contributed by atoms with Crippen molar-refractivity contribution in [2.45, 2.75) is 19.4 Å². The highest BCUT2D eigenvalue weighted by molar-refractivity contribution is 5.96. The minimum absolute atomic E-state index is 0.0475. The van der Waals surface area contributed by atoms with Gasteiger partial charge in [-0.05, 0) is 61.4 Å². The van der Waals surface area contributed by atoms with E-state index in [0.29, 0.717) is 17.8 Å². The normalized spacial score (nSPS) is 12.8. The summed E-state index contributed by atoms with van der Waals surface area (Å²) in [7, 11) is 0. The van der Waals surface area contributed by atoms with Crippen molar-refractivity contribution in [2.24, 2.45) is 5.92 Å². The van der Waals surface area contributed by atoms with Crippen molar-refractivity contribution < 1.29 is 9.59 Å². The molecule has 2 aromatic carbocycles. The highest BCUT2D eigenvalue weighted by Crippen LogP contribution is 2.30. The minimum Gasteiger partial charge on any atom is -0.348 e. The van der Waals surface area contributed by atoms with E-state index >= 15 is 0 Å². The molecule has 0 atom stereocenters. The molecule has 0 saturated heterocycles. The molecule has 164 valence electrons. The van der Waals surface area contributed by atoms with Gasteiger partial charge in [-0.3, -0.25) is 14.6 Å².